The second-order valence-corrected chi connectivity index (χ2v) is 7.91. The molecule has 2 heterocycles. The van der Waals surface area contributed by atoms with Crippen LogP contribution in [0.2, 0.25) is 0 Å². The van der Waals surface area contributed by atoms with Gasteiger partial charge in [0.1, 0.15) is 5.82 Å². The van der Waals surface area contributed by atoms with Gasteiger partial charge in [-0.3, -0.25) is 14.3 Å². The molecule has 9 nitrogen and oxygen atoms in total. The minimum absolute atomic E-state index is 0.0917. The number of aliphatic hydroxyl groups excluding tert-OH is 1. The molecule has 3 aromatic rings. The van der Waals surface area contributed by atoms with E-state index in [1.165, 1.54) is 4.90 Å². The molecule has 2 aromatic heterocycles. The molecule has 0 aliphatic heterocycles. The summed E-state index contributed by atoms with van der Waals surface area (Å²) in [7, 11) is 5.11. The number of nitrogens with one attached hydrogen (secondary N) is 2. The van der Waals surface area contributed by atoms with Crippen molar-refractivity contribution in [1.29, 1.82) is 0 Å². The zero-order valence-electron chi connectivity index (χ0n) is 18.9. The van der Waals surface area contributed by atoms with Crippen LogP contribution in [0.5, 0.6) is 0 Å². The molecule has 0 aliphatic carbocycles. The second kappa shape index (κ2) is 9.61. The summed E-state index contributed by atoms with van der Waals surface area (Å²) in [4.78, 5) is 31.4. The topological polar surface area (TPSA) is 112 Å². The summed E-state index contributed by atoms with van der Waals surface area (Å²) in [6, 6.07) is 8.59. The molecule has 0 radical (unpaired) electrons. The molecule has 0 fully saturated rings. The Hall–Kier alpha value is -3.72. The average molecular weight is 437 g/mol. The van der Waals surface area contributed by atoms with Gasteiger partial charge in [0.05, 0.1) is 12.2 Å². The summed E-state index contributed by atoms with van der Waals surface area (Å²) < 4.78 is 1.61. The lowest BCUT2D eigenvalue weighted by atomic mass is 9.97. The zero-order valence-corrected chi connectivity index (χ0v) is 18.9. The lowest BCUT2D eigenvalue weighted by Crippen LogP contribution is -2.26. The van der Waals surface area contributed by atoms with E-state index in [0.717, 1.165) is 11.1 Å². The van der Waals surface area contributed by atoms with Crippen molar-refractivity contribution >= 4 is 23.5 Å². The lowest BCUT2D eigenvalue weighted by molar-refractivity contribution is 0.0827. The van der Waals surface area contributed by atoms with Crippen LogP contribution in [-0.4, -0.2) is 63.3 Å². The highest BCUT2D eigenvalue weighted by Gasteiger charge is 2.19. The third-order valence-electron chi connectivity index (χ3n) is 4.95. The predicted molar refractivity (Wildman–Crippen MR) is 124 cm³/mol. The standard InChI is InChI=1S/C23H28N6O3/c1-14-6-7-16(22(31)26-20-8-9-29(5)27-20)10-18(14)17-11-19(23(32)28(3)4)21(24-12-17)25-15(2)13-30/h6-12,15,30H,13H2,1-5H3,(H,24,25)(H,26,27,31)/t15-/m0/s1. The van der Waals surface area contributed by atoms with Crippen LogP contribution >= 0.6 is 0 Å². The summed E-state index contributed by atoms with van der Waals surface area (Å²) in [5, 5.41) is 19.4. The highest BCUT2D eigenvalue weighted by Crippen LogP contribution is 2.28. The van der Waals surface area contributed by atoms with Gasteiger partial charge < -0.3 is 20.6 Å². The van der Waals surface area contributed by atoms with Gasteiger partial charge >= 0.3 is 0 Å². The Labute approximate surface area is 187 Å². The lowest BCUT2D eigenvalue weighted by Gasteiger charge is -2.19. The van der Waals surface area contributed by atoms with Crippen LogP contribution in [-0.2, 0) is 7.05 Å². The summed E-state index contributed by atoms with van der Waals surface area (Å²) in [5.74, 6) is 0.371. The molecule has 0 saturated carbocycles. The number of aryl methyl sites for hydroxylation is 2. The number of aromatic nitrogens is 3. The van der Waals surface area contributed by atoms with Crippen molar-refractivity contribution in [2.45, 2.75) is 19.9 Å². The molecule has 1 atom stereocenters. The van der Waals surface area contributed by atoms with E-state index >= 15 is 0 Å². The number of carbonyl (C=O) groups is 2. The van der Waals surface area contributed by atoms with E-state index in [4.69, 9.17) is 0 Å². The van der Waals surface area contributed by atoms with Gasteiger partial charge in [-0.15, -0.1) is 0 Å². The van der Waals surface area contributed by atoms with Crippen molar-refractivity contribution in [2.24, 2.45) is 7.05 Å². The summed E-state index contributed by atoms with van der Waals surface area (Å²) >= 11 is 0. The van der Waals surface area contributed by atoms with Gasteiger partial charge in [-0.05, 0) is 43.2 Å². The van der Waals surface area contributed by atoms with Crippen LogP contribution in [0, 0.1) is 6.92 Å². The molecule has 3 N–H and O–H groups in total. The monoisotopic (exact) mass is 436 g/mol. The quantitative estimate of drug-likeness (QED) is 0.525. The van der Waals surface area contributed by atoms with Gasteiger partial charge in [0.2, 0.25) is 0 Å². The summed E-state index contributed by atoms with van der Waals surface area (Å²) in [6.07, 6.45) is 3.40. The average Bonchev–Trinajstić information content (AvgIpc) is 3.18. The van der Waals surface area contributed by atoms with Crippen LogP contribution in [0.4, 0.5) is 11.6 Å². The fourth-order valence-corrected chi connectivity index (χ4v) is 3.15. The number of rotatable bonds is 7. The van der Waals surface area contributed by atoms with E-state index < -0.39 is 0 Å². The Bertz CT molecular complexity index is 1140. The number of pyridine rings is 1. The number of carbonyl (C=O) groups excluding carboxylic acids is 2. The number of anilines is 2. The van der Waals surface area contributed by atoms with E-state index in [1.54, 1.807) is 69.4 Å². The minimum Gasteiger partial charge on any atom is -0.394 e. The highest BCUT2D eigenvalue weighted by atomic mass is 16.3. The zero-order chi connectivity index (χ0) is 23.4. The third-order valence-corrected chi connectivity index (χ3v) is 4.95. The molecule has 0 spiro atoms. The first-order valence-electron chi connectivity index (χ1n) is 10.2. The molecule has 168 valence electrons. The molecular formula is C23H28N6O3. The maximum Gasteiger partial charge on any atom is 0.257 e. The third kappa shape index (κ3) is 5.12. The fraction of sp³-hybridized carbons (Fsp3) is 0.304. The molecule has 2 amide bonds. The van der Waals surface area contributed by atoms with E-state index in [9.17, 15) is 14.7 Å². The van der Waals surface area contributed by atoms with Crippen LogP contribution in [0.15, 0.2) is 42.7 Å². The maximum absolute atomic E-state index is 12.8. The number of hydrogen-bond acceptors (Lipinski definition) is 6. The molecule has 3 rings (SSSR count). The van der Waals surface area contributed by atoms with Crippen molar-refractivity contribution in [3.63, 3.8) is 0 Å². The number of hydrogen-bond donors (Lipinski definition) is 3. The van der Waals surface area contributed by atoms with E-state index in [2.05, 4.69) is 20.7 Å². The van der Waals surface area contributed by atoms with Gasteiger partial charge in [0.25, 0.3) is 11.8 Å². The van der Waals surface area contributed by atoms with Gasteiger partial charge in [0.15, 0.2) is 5.82 Å². The fourth-order valence-electron chi connectivity index (χ4n) is 3.15. The van der Waals surface area contributed by atoms with E-state index in [-0.39, 0.29) is 24.5 Å². The first-order valence-corrected chi connectivity index (χ1v) is 10.2. The van der Waals surface area contributed by atoms with Crippen LogP contribution in [0.1, 0.15) is 33.2 Å². The molecular weight excluding hydrogens is 408 g/mol. The largest absolute Gasteiger partial charge is 0.394 e. The van der Waals surface area contributed by atoms with Crippen molar-refractivity contribution in [3.05, 3.63) is 59.4 Å². The van der Waals surface area contributed by atoms with Gasteiger partial charge in [-0.1, -0.05) is 6.07 Å². The number of aliphatic hydroxyl groups is 1. The maximum atomic E-state index is 12.8. The first-order chi connectivity index (χ1) is 15.2. The van der Waals surface area contributed by atoms with Crippen molar-refractivity contribution in [1.82, 2.24) is 19.7 Å². The van der Waals surface area contributed by atoms with Crippen LogP contribution in [0.25, 0.3) is 11.1 Å². The minimum atomic E-state index is -0.280. The Morgan fingerprint density at radius 3 is 2.59 bits per heavy atom. The smallest absolute Gasteiger partial charge is 0.257 e. The molecule has 1 aromatic carbocycles. The first kappa shape index (κ1) is 23.0. The van der Waals surface area contributed by atoms with Crippen molar-refractivity contribution in [3.8, 4) is 11.1 Å². The Balaban J connectivity index is 1.99. The molecule has 0 saturated heterocycles. The Morgan fingerprint density at radius 2 is 1.97 bits per heavy atom. The Morgan fingerprint density at radius 1 is 1.22 bits per heavy atom. The number of benzene rings is 1. The number of nitrogens with zero attached hydrogens (tertiary/aromatic N) is 4. The molecule has 0 unspecified atom stereocenters. The summed E-state index contributed by atoms with van der Waals surface area (Å²) in [5.41, 5.74) is 3.29. The van der Waals surface area contributed by atoms with E-state index in [0.29, 0.717) is 28.3 Å². The Kier molecular flexibility index (Phi) is 6.89. The van der Waals surface area contributed by atoms with Gasteiger partial charge in [-0.2, -0.15) is 5.10 Å². The van der Waals surface area contributed by atoms with Crippen LogP contribution < -0.4 is 10.6 Å². The predicted octanol–water partition coefficient (Wildman–Crippen LogP) is 2.54. The second-order valence-electron chi connectivity index (χ2n) is 7.91. The molecule has 32 heavy (non-hydrogen) atoms. The molecule has 0 aliphatic rings. The SMILES string of the molecule is Cc1ccc(C(=O)Nc2ccn(C)n2)cc1-c1cnc(N[C@@H](C)CO)c(C(=O)N(C)C)c1. The van der Waals surface area contributed by atoms with Gasteiger partial charge in [0, 0.05) is 56.8 Å². The molecule has 9 heteroatoms. The highest BCUT2D eigenvalue weighted by molar-refractivity contribution is 6.05. The van der Waals surface area contributed by atoms with E-state index in [1.807, 2.05) is 13.0 Å². The molecule has 0 bridgehead atoms. The van der Waals surface area contributed by atoms with Crippen LogP contribution in [0.3, 0.4) is 0 Å². The normalized spacial score (nSPS) is 11.7. The summed E-state index contributed by atoms with van der Waals surface area (Å²) in [6.45, 7) is 3.64. The van der Waals surface area contributed by atoms with Crippen molar-refractivity contribution < 1.29 is 14.7 Å². The van der Waals surface area contributed by atoms with Crippen molar-refractivity contribution in [2.75, 3.05) is 31.3 Å². The number of amides is 2. The van der Waals surface area contributed by atoms with Gasteiger partial charge in [-0.25, -0.2) is 4.98 Å².